The Bertz CT molecular complexity index is 576. The number of hydrogen-bond donors (Lipinski definition) is 0. The minimum Gasteiger partial charge on any atom is -0.331 e. The number of halogens is 1. The Morgan fingerprint density at radius 2 is 1.94 bits per heavy atom. The highest BCUT2D eigenvalue weighted by atomic mass is 35.5. The number of rotatable bonds is 1. The van der Waals surface area contributed by atoms with Gasteiger partial charge in [-0.15, -0.1) is 0 Å². The molecule has 2 heterocycles. The van der Waals surface area contributed by atoms with Gasteiger partial charge in [0.1, 0.15) is 0 Å². The second-order valence-electron chi connectivity index (χ2n) is 4.28. The van der Waals surface area contributed by atoms with Gasteiger partial charge in [-0.05, 0) is 30.3 Å². The van der Waals surface area contributed by atoms with E-state index in [0.717, 1.165) is 12.2 Å². The normalized spacial score (nSPS) is 14.4. The SMILES string of the molecule is O=C(c1ccc(Cl)cc1)N1CCn2nccc2C1. The second kappa shape index (κ2) is 4.46. The van der Waals surface area contributed by atoms with E-state index in [2.05, 4.69) is 5.10 Å². The molecule has 18 heavy (non-hydrogen) atoms. The van der Waals surface area contributed by atoms with Crippen LogP contribution in [0.1, 0.15) is 16.1 Å². The van der Waals surface area contributed by atoms with Gasteiger partial charge in [0.15, 0.2) is 0 Å². The summed E-state index contributed by atoms with van der Waals surface area (Å²) in [5.41, 5.74) is 1.75. The Morgan fingerprint density at radius 3 is 2.72 bits per heavy atom. The van der Waals surface area contributed by atoms with E-state index in [9.17, 15) is 4.79 Å². The molecule has 0 bridgehead atoms. The maximum absolute atomic E-state index is 12.3. The molecular formula is C13H12ClN3O. The highest BCUT2D eigenvalue weighted by Gasteiger charge is 2.21. The fraction of sp³-hybridized carbons (Fsp3) is 0.231. The van der Waals surface area contributed by atoms with Crippen molar-refractivity contribution < 1.29 is 4.79 Å². The van der Waals surface area contributed by atoms with Crippen LogP contribution in [0.2, 0.25) is 5.02 Å². The van der Waals surface area contributed by atoms with Crippen LogP contribution < -0.4 is 0 Å². The number of benzene rings is 1. The number of nitrogens with zero attached hydrogens (tertiary/aromatic N) is 3. The Balaban J connectivity index is 1.80. The van der Waals surface area contributed by atoms with Crippen LogP contribution in [0.5, 0.6) is 0 Å². The molecule has 0 atom stereocenters. The zero-order chi connectivity index (χ0) is 12.5. The predicted octanol–water partition coefficient (Wildman–Crippen LogP) is 2.19. The van der Waals surface area contributed by atoms with Gasteiger partial charge in [0.05, 0.1) is 18.8 Å². The Kier molecular flexibility index (Phi) is 2.80. The quantitative estimate of drug-likeness (QED) is 0.789. The molecule has 0 unspecified atom stereocenters. The number of aromatic nitrogens is 2. The summed E-state index contributed by atoms with van der Waals surface area (Å²) in [5, 5.41) is 4.84. The summed E-state index contributed by atoms with van der Waals surface area (Å²) >= 11 is 5.82. The molecule has 0 saturated carbocycles. The van der Waals surface area contributed by atoms with E-state index in [-0.39, 0.29) is 5.91 Å². The van der Waals surface area contributed by atoms with Gasteiger partial charge in [-0.1, -0.05) is 11.6 Å². The summed E-state index contributed by atoms with van der Waals surface area (Å²) in [7, 11) is 0. The van der Waals surface area contributed by atoms with Gasteiger partial charge in [0.25, 0.3) is 5.91 Å². The summed E-state index contributed by atoms with van der Waals surface area (Å²) in [6, 6.07) is 8.94. The standard InChI is InChI=1S/C13H12ClN3O/c14-11-3-1-10(2-4-11)13(18)16-7-8-17-12(9-16)5-6-15-17/h1-6H,7-9H2. The van der Waals surface area contributed by atoms with E-state index >= 15 is 0 Å². The lowest BCUT2D eigenvalue weighted by molar-refractivity contribution is 0.0706. The van der Waals surface area contributed by atoms with Crippen molar-refractivity contribution in [2.24, 2.45) is 0 Å². The molecule has 1 amide bonds. The molecule has 0 saturated heterocycles. The van der Waals surface area contributed by atoms with Crippen LogP contribution in [0.4, 0.5) is 0 Å². The average Bonchev–Trinajstić information content (AvgIpc) is 2.86. The molecule has 1 aromatic heterocycles. The van der Waals surface area contributed by atoms with Gasteiger partial charge >= 0.3 is 0 Å². The molecule has 0 spiro atoms. The van der Waals surface area contributed by atoms with E-state index in [0.29, 0.717) is 23.7 Å². The van der Waals surface area contributed by atoms with Crippen molar-refractivity contribution in [3.8, 4) is 0 Å². The molecule has 2 aromatic rings. The Morgan fingerprint density at radius 1 is 1.17 bits per heavy atom. The van der Waals surface area contributed by atoms with Gasteiger partial charge in [0, 0.05) is 23.3 Å². The zero-order valence-corrected chi connectivity index (χ0v) is 10.5. The summed E-state index contributed by atoms with van der Waals surface area (Å²) in [4.78, 5) is 14.1. The molecule has 92 valence electrons. The van der Waals surface area contributed by atoms with E-state index in [1.807, 2.05) is 15.6 Å². The summed E-state index contributed by atoms with van der Waals surface area (Å²) in [5.74, 6) is 0.0408. The molecule has 4 nitrogen and oxygen atoms in total. The van der Waals surface area contributed by atoms with Crippen molar-refractivity contribution >= 4 is 17.5 Å². The first-order chi connectivity index (χ1) is 8.74. The van der Waals surface area contributed by atoms with E-state index in [1.165, 1.54) is 0 Å². The van der Waals surface area contributed by atoms with Crippen molar-refractivity contribution in [2.45, 2.75) is 13.1 Å². The molecular weight excluding hydrogens is 250 g/mol. The topological polar surface area (TPSA) is 38.1 Å². The van der Waals surface area contributed by atoms with Crippen molar-refractivity contribution in [1.29, 1.82) is 0 Å². The van der Waals surface area contributed by atoms with Crippen molar-refractivity contribution in [2.75, 3.05) is 6.54 Å². The van der Waals surface area contributed by atoms with E-state index in [4.69, 9.17) is 11.6 Å². The van der Waals surface area contributed by atoms with Gasteiger partial charge in [-0.25, -0.2) is 0 Å². The molecule has 1 aromatic carbocycles. The molecule has 0 fully saturated rings. The third kappa shape index (κ3) is 1.99. The molecule has 0 N–H and O–H groups in total. The first kappa shape index (κ1) is 11.3. The predicted molar refractivity (Wildman–Crippen MR) is 68.4 cm³/mol. The first-order valence-electron chi connectivity index (χ1n) is 5.79. The van der Waals surface area contributed by atoms with Crippen LogP contribution in [0.15, 0.2) is 36.5 Å². The minimum absolute atomic E-state index is 0.0408. The third-order valence-corrected chi connectivity index (χ3v) is 3.37. The summed E-state index contributed by atoms with van der Waals surface area (Å²) < 4.78 is 1.94. The number of fused-ring (bicyclic) bond motifs is 1. The van der Waals surface area contributed by atoms with Crippen LogP contribution >= 0.6 is 11.6 Å². The first-order valence-corrected chi connectivity index (χ1v) is 6.17. The molecule has 1 aliphatic rings. The van der Waals surface area contributed by atoms with Crippen LogP contribution in [0.25, 0.3) is 0 Å². The molecule has 0 radical (unpaired) electrons. The van der Waals surface area contributed by atoms with Crippen LogP contribution in [0, 0.1) is 0 Å². The maximum Gasteiger partial charge on any atom is 0.254 e. The Labute approximate surface area is 110 Å². The lowest BCUT2D eigenvalue weighted by Gasteiger charge is -2.27. The smallest absolute Gasteiger partial charge is 0.254 e. The van der Waals surface area contributed by atoms with Gasteiger partial charge < -0.3 is 4.90 Å². The van der Waals surface area contributed by atoms with Gasteiger partial charge in [0.2, 0.25) is 0 Å². The lowest BCUT2D eigenvalue weighted by atomic mass is 10.2. The van der Waals surface area contributed by atoms with E-state index < -0.39 is 0 Å². The number of carbonyl (C=O) groups excluding carboxylic acids is 1. The second-order valence-corrected chi connectivity index (χ2v) is 4.72. The Hall–Kier alpha value is -1.81. The number of hydrogen-bond acceptors (Lipinski definition) is 2. The fourth-order valence-electron chi connectivity index (χ4n) is 2.13. The molecule has 0 aliphatic carbocycles. The monoisotopic (exact) mass is 261 g/mol. The van der Waals surface area contributed by atoms with Gasteiger partial charge in [-0.2, -0.15) is 5.10 Å². The summed E-state index contributed by atoms with van der Waals surface area (Å²) in [6.07, 6.45) is 1.77. The van der Waals surface area contributed by atoms with Gasteiger partial charge in [-0.3, -0.25) is 9.48 Å². The minimum atomic E-state index is 0.0408. The molecule has 1 aliphatic heterocycles. The van der Waals surface area contributed by atoms with Crippen molar-refractivity contribution in [3.63, 3.8) is 0 Å². The molecule has 3 rings (SSSR count). The van der Waals surface area contributed by atoms with Crippen LogP contribution in [0.3, 0.4) is 0 Å². The summed E-state index contributed by atoms with van der Waals surface area (Å²) in [6.45, 7) is 2.05. The van der Waals surface area contributed by atoms with Crippen LogP contribution in [-0.4, -0.2) is 27.1 Å². The molecule has 5 heteroatoms. The highest BCUT2D eigenvalue weighted by molar-refractivity contribution is 6.30. The average molecular weight is 262 g/mol. The van der Waals surface area contributed by atoms with E-state index in [1.54, 1.807) is 30.5 Å². The highest BCUT2D eigenvalue weighted by Crippen LogP contribution is 2.16. The van der Waals surface area contributed by atoms with Crippen LogP contribution in [-0.2, 0) is 13.1 Å². The zero-order valence-electron chi connectivity index (χ0n) is 9.71. The lowest BCUT2D eigenvalue weighted by Crippen LogP contribution is -2.38. The van der Waals surface area contributed by atoms with Crippen molar-refractivity contribution in [1.82, 2.24) is 14.7 Å². The third-order valence-electron chi connectivity index (χ3n) is 3.12. The number of amides is 1. The largest absolute Gasteiger partial charge is 0.331 e. The van der Waals surface area contributed by atoms with Crippen molar-refractivity contribution in [3.05, 3.63) is 52.8 Å². The number of carbonyl (C=O) groups is 1. The fourth-order valence-corrected chi connectivity index (χ4v) is 2.26. The maximum atomic E-state index is 12.3.